The van der Waals surface area contributed by atoms with Gasteiger partial charge in [0, 0.05) is 25.0 Å². The minimum absolute atomic E-state index is 0. The summed E-state index contributed by atoms with van der Waals surface area (Å²) in [5.74, 6) is 0.998. The third-order valence-corrected chi connectivity index (χ3v) is 5.41. The molecule has 4 heteroatoms. The number of rotatable bonds is 4. The number of carbonyl (C=O) groups is 1. The predicted molar refractivity (Wildman–Crippen MR) is 101 cm³/mol. The van der Waals surface area contributed by atoms with Crippen molar-refractivity contribution in [2.24, 2.45) is 5.92 Å². The van der Waals surface area contributed by atoms with Gasteiger partial charge < -0.3 is 10.2 Å². The largest absolute Gasteiger partial charge is 0.338 e. The molecule has 3 unspecified atom stereocenters. The summed E-state index contributed by atoms with van der Waals surface area (Å²) in [6.07, 6.45) is 3.30. The second kappa shape index (κ2) is 7.12. The van der Waals surface area contributed by atoms with Gasteiger partial charge in [-0.3, -0.25) is 4.79 Å². The molecule has 2 aliphatic rings. The number of nitrogens with zero attached hydrogens (tertiary/aromatic N) is 1. The van der Waals surface area contributed by atoms with Crippen LogP contribution in [0, 0.1) is 5.92 Å². The first-order chi connectivity index (χ1) is 11.3. The van der Waals surface area contributed by atoms with Crippen LogP contribution in [0.5, 0.6) is 0 Å². The Morgan fingerprint density at radius 2 is 2.00 bits per heavy atom. The van der Waals surface area contributed by atoms with Gasteiger partial charge in [-0.1, -0.05) is 42.5 Å². The number of halogens is 1. The Kier molecular flexibility index (Phi) is 5.12. The van der Waals surface area contributed by atoms with Crippen LogP contribution in [-0.4, -0.2) is 37.0 Å². The molecule has 0 bridgehead atoms. The maximum atomic E-state index is 12.8. The Morgan fingerprint density at radius 3 is 2.79 bits per heavy atom. The molecule has 0 radical (unpaired) electrons. The highest BCUT2D eigenvalue weighted by Crippen LogP contribution is 2.49. The fourth-order valence-corrected chi connectivity index (χ4v) is 4.06. The van der Waals surface area contributed by atoms with Crippen LogP contribution in [0.3, 0.4) is 0 Å². The Labute approximate surface area is 149 Å². The molecule has 1 saturated carbocycles. The van der Waals surface area contributed by atoms with E-state index >= 15 is 0 Å². The Balaban J connectivity index is 0.00000169. The summed E-state index contributed by atoms with van der Waals surface area (Å²) in [5.41, 5.74) is 1.33. The van der Waals surface area contributed by atoms with Gasteiger partial charge in [0.1, 0.15) is 0 Å². The van der Waals surface area contributed by atoms with Gasteiger partial charge in [-0.25, -0.2) is 0 Å². The molecule has 2 fully saturated rings. The SMILES string of the molecule is CNCC1CCCN1C(=O)C1CC1c1ccc2ccccc2c1.Cl. The van der Waals surface area contributed by atoms with E-state index in [4.69, 9.17) is 0 Å². The van der Waals surface area contributed by atoms with Crippen molar-refractivity contribution in [1.82, 2.24) is 10.2 Å². The first kappa shape index (κ1) is 17.2. The topological polar surface area (TPSA) is 32.3 Å². The number of benzene rings is 2. The number of nitrogens with one attached hydrogen (secondary N) is 1. The maximum Gasteiger partial charge on any atom is 0.226 e. The zero-order chi connectivity index (χ0) is 15.8. The normalized spacial score (nSPS) is 25.5. The molecule has 2 aromatic rings. The van der Waals surface area contributed by atoms with Crippen LogP contribution in [0.4, 0.5) is 0 Å². The van der Waals surface area contributed by atoms with Crippen LogP contribution < -0.4 is 5.32 Å². The molecule has 1 N–H and O–H groups in total. The molecule has 3 nitrogen and oxygen atoms in total. The van der Waals surface area contributed by atoms with Crippen LogP contribution in [0.1, 0.15) is 30.7 Å². The number of amides is 1. The van der Waals surface area contributed by atoms with Crippen molar-refractivity contribution in [3.05, 3.63) is 48.0 Å². The van der Waals surface area contributed by atoms with Crippen LogP contribution in [0.2, 0.25) is 0 Å². The number of likely N-dealkylation sites (tertiary alicyclic amines) is 1. The van der Waals surface area contributed by atoms with E-state index in [1.54, 1.807) is 0 Å². The average Bonchev–Trinajstić information content (AvgIpc) is 3.26. The lowest BCUT2D eigenvalue weighted by Crippen LogP contribution is -2.41. The lowest BCUT2D eigenvalue weighted by Gasteiger charge is -2.24. The van der Waals surface area contributed by atoms with Gasteiger partial charge in [-0.05, 0) is 48.6 Å². The molecule has 128 valence electrons. The van der Waals surface area contributed by atoms with Crippen molar-refractivity contribution >= 4 is 29.1 Å². The highest BCUT2D eigenvalue weighted by atomic mass is 35.5. The molecule has 1 amide bonds. The lowest BCUT2D eigenvalue weighted by atomic mass is 10.0. The fourth-order valence-electron chi connectivity index (χ4n) is 4.06. The van der Waals surface area contributed by atoms with Crippen molar-refractivity contribution in [3.8, 4) is 0 Å². The first-order valence-electron chi connectivity index (χ1n) is 8.71. The molecule has 0 aromatic heterocycles. The van der Waals surface area contributed by atoms with Gasteiger partial charge in [-0.2, -0.15) is 0 Å². The molecule has 1 aliphatic heterocycles. The molecule has 0 spiro atoms. The Hall–Kier alpha value is -1.58. The van der Waals surface area contributed by atoms with E-state index in [1.165, 1.54) is 16.3 Å². The van der Waals surface area contributed by atoms with Crippen molar-refractivity contribution in [2.75, 3.05) is 20.1 Å². The summed E-state index contributed by atoms with van der Waals surface area (Å²) < 4.78 is 0. The molecule has 2 aromatic carbocycles. The zero-order valence-electron chi connectivity index (χ0n) is 14.1. The van der Waals surface area contributed by atoms with E-state index < -0.39 is 0 Å². The van der Waals surface area contributed by atoms with Crippen molar-refractivity contribution in [3.63, 3.8) is 0 Å². The number of hydrogen-bond donors (Lipinski definition) is 1. The van der Waals surface area contributed by atoms with Crippen LogP contribution >= 0.6 is 12.4 Å². The molecule has 1 saturated heterocycles. The molecule has 4 rings (SSSR count). The summed E-state index contributed by atoms with van der Waals surface area (Å²) in [7, 11) is 1.97. The van der Waals surface area contributed by atoms with Gasteiger partial charge in [0.25, 0.3) is 0 Å². The number of carbonyl (C=O) groups excluding carboxylic acids is 1. The second-order valence-electron chi connectivity index (χ2n) is 6.94. The molecular formula is C20H25ClN2O. The van der Waals surface area contributed by atoms with Crippen LogP contribution in [0.25, 0.3) is 10.8 Å². The fraction of sp³-hybridized carbons (Fsp3) is 0.450. The van der Waals surface area contributed by atoms with Crippen LogP contribution in [-0.2, 0) is 4.79 Å². The van der Waals surface area contributed by atoms with E-state index in [0.29, 0.717) is 17.9 Å². The summed E-state index contributed by atoms with van der Waals surface area (Å²) in [4.78, 5) is 15.0. The second-order valence-corrected chi connectivity index (χ2v) is 6.94. The van der Waals surface area contributed by atoms with Gasteiger partial charge in [0.15, 0.2) is 0 Å². The highest BCUT2D eigenvalue weighted by molar-refractivity contribution is 5.86. The smallest absolute Gasteiger partial charge is 0.226 e. The Bertz CT molecular complexity index is 732. The molecule has 3 atom stereocenters. The third kappa shape index (κ3) is 3.15. The average molecular weight is 345 g/mol. The maximum absolute atomic E-state index is 12.8. The number of hydrogen-bond acceptors (Lipinski definition) is 2. The molecule has 24 heavy (non-hydrogen) atoms. The third-order valence-electron chi connectivity index (χ3n) is 5.41. The van der Waals surface area contributed by atoms with Gasteiger partial charge >= 0.3 is 0 Å². The molecule has 1 aliphatic carbocycles. The zero-order valence-corrected chi connectivity index (χ0v) is 14.9. The van der Waals surface area contributed by atoms with E-state index in [-0.39, 0.29) is 18.3 Å². The monoisotopic (exact) mass is 344 g/mol. The lowest BCUT2D eigenvalue weighted by molar-refractivity contribution is -0.133. The van der Waals surface area contributed by atoms with E-state index in [0.717, 1.165) is 32.4 Å². The molecular weight excluding hydrogens is 320 g/mol. The highest BCUT2D eigenvalue weighted by Gasteiger charge is 2.47. The minimum Gasteiger partial charge on any atom is -0.338 e. The molecule has 1 heterocycles. The summed E-state index contributed by atoms with van der Waals surface area (Å²) >= 11 is 0. The summed E-state index contributed by atoms with van der Waals surface area (Å²) in [6, 6.07) is 15.5. The first-order valence-corrected chi connectivity index (χ1v) is 8.71. The predicted octanol–water partition coefficient (Wildman–Crippen LogP) is 3.58. The number of likely N-dealkylation sites (N-methyl/N-ethyl adjacent to an activating group) is 1. The van der Waals surface area contributed by atoms with Crippen LogP contribution in [0.15, 0.2) is 42.5 Å². The van der Waals surface area contributed by atoms with E-state index in [1.807, 2.05) is 7.05 Å². The minimum atomic E-state index is 0. The summed E-state index contributed by atoms with van der Waals surface area (Å²) in [6.45, 7) is 1.85. The van der Waals surface area contributed by atoms with Gasteiger partial charge in [-0.15, -0.1) is 12.4 Å². The standard InChI is InChI=1S/C20H24N2O.ClH/c1-21-13-17-7-4-10-22(17)20(23)19-12-18(19)16-9-8-14-5-2-3-6-15(14)11-16;/h2-3,5-6,8-9,11,17-19,21H,4,7,10,12-13H2,1H3;1H. The van der Waals surface area contributed by atoms with Gasteiger partial charge in [0.05, 0.1) is 0 Å². The quantitative estimate of drug-likeness (QED) is 0.919. The van der Waals surface area contributed by atoms with E-state index in [2.05, 4.69) is 52.7 Å². The Morgan fingerprint density at radius 1 is 1.21 bits per heavy atom. The van der Waals surface area contributed by atoms with Crippen molar-refractivity contribution < 1.29 is 4.79 Å². The van der Waals surface area contributed by atoms with Crippen molar-refractivity contribution in [1.29, 1.82) is 0 Å². The van der Waals surface area contributed by atoms with Gasteiger partial charge in [0.2, 0.25) is 5.91 Å². The summed E-state index contributed by atoms with van der Waals surface area (Å²) in [5, 5.41) is 5.77. The van der Waals surface area contributed by atoms with Crippen molar-refractivity contribution in [2.45, 2.75) is 31.2 Å². The number of fused-ring (bicyclic) bond motifs is 1. The van der Waals surface area contributed by atoms with E-state index in [9.17, 15) is 4.79 Å².